The Hall–Kier alpha value is -0.0100. The van der Waals surface area contributed by atoms with E-state index in [0.717, 1.165) is 19.3 Å². The molecule has 8 heteroatoms. The molecule has 7 nitrogen and oxygen atoms in total. The lowest BCUT2D eigenvalue weighted by atomic mass is 10.0. The standard InChI is InChI=1S/C19H41O7P/c1-3-5-6-7-8-9-10-11-12-13-14-15-16-17-19-23-25-27(20,21)26-24-22-18-4-2/h3-19H2,1-2H3,(H,20,21). The van der Waals surface area contributed by atoms with E-state index in [4.69, 9.17) is 0 Å². The first-order valence-corrected chi connectivity index (χ1v) is 12.2. The molecule has 0 aliphatic rings. The van der Waals surface area contributed by atoms with E-state index < -0.39 is 7.82 Å². The van der Waals surface area contributed by atoms with E-state index in [1.165, 1.54) is 70.6 Å². The lowest BCUT2D eigenvalue weighted by molar-refractivity contribution is -0.477. The Kier molecular flexibility index (Phi) is 20.7. The van der Waals surface area contributed by atoms with Crippen LogP contribution in [0.3, 0.4) is 0 Å². The summed E-state index contributed by atoms with van der Waals surface area (Å²) in [6, 6.07) is 0. The molecule has 0 aromatic rings. The van der Waals surface area contributed by atoms with Gasteiger partial charge in [-0.1, -0.05) is 107 Å². The van der Waals surface area contributed by atoms with E-state index >= 15 is 0 Å². The normalized spacial score (nSPS) is 13.7. The third-order valence-corrected chi connectivity index (χ3v) is 4.73. The zero-order chi connectivity index (χ0) is 20.1. The average molecular weight is 413 g/mol. The first-order chi connectivity index (χ1) is 13.1. The molecule has 0 aliphatic carbocycles. The maximum Gasteiger partial charge on any atom is 0.529 e. The second kappa shape index (κ2) is 20.7. The topological polar surface area (TPSA) is 83.5 Å². The maximum atomic E-state index is 11.3. The number of rotatable bonds is 22. The molecule has 0 amide bonds. The van der Waals surface area contributed by atoms with Crippen LogP contribution in [0.1, 0.15) is 110 Å². The molecule has 0 aliphatic heterocycles. The molecule has 0 rings (SSSR count). The molecule has 27 heavy (non-hydrogen) atoms. The highest BCUT2D eigenvalue weighted by Crippen LogP contribution is 2.43. The van der Waals surface area contributed by atoms with Gasteiger partial charge in [-0.25, -0.2) is 14.3 Å². The van der Waals surface area contributed by atoms with Gasteiger partial charge in [0, 0.05) is 0 Å². The van der Waals surface area contributed by atoms with Crippen LogP contribution in [0.4, 0.5) is 0 Å². The Balaban J connectivity index is 3.21. The third kappa shape index (κ3) is 22.1. The van der Waals surface area contributed by atoms with Gasteiger partial charge in [0.25, 0.3) is 0 Å². The van der Waals surface area contributed by atoms with Gasteiger partial charge in [-0.2, -0.15) is 0 Å². The lowest BCUT2D eigenvalue weighted by Crippen LogP contribution is -2.01. The van der Waals surface area contributed by atoms with Gasteiger partial charge in [0.15, 0.2) is 0 Å². The van der Waals surface area contributed by atoms with Crippen LogP contribution in [0.15, 0.2) is 0 Å². The molecule has 0 aromatic carbocycles. The van der Waals surface area contributed by atoms with E-state index in [9.17, 15) is 9.46 Å². The predicted molar refractivity (Wildman–Crippen MR) is 106 cm³/mol. The first-order valence-electron chi connectivity index (χ1n) is 10.7. The van der Waals surface area contributed by atoms with Crippen LogP contribution in [0.2, 0.25) is 0 Å². The molecule has 0 saturated heterocycles. The zero-order valence-corrected chi connectivity index (χ0v) is 18.3. The minimum Gasteiger partial charge on any atom is -0.299 e. The third-order valence-electron chi connectivity index (χ3n) is 4.19. The van der Waals surface area contributed by atoms with Crippen LogP contribution >= 0.6 is 7.82 Å². The van der Waals surface area contributed by atoms with Gasteiger partial charge < -0.3 is 0 Å². The van der Waals surface area contributed by atoms with Crippen LogP contribution in [0.25, 0.3) is 0 Å². The number of phosphoric acid groups is 1. The fourth-order valence-electron chi connectivity index (χ4n) is 2.65. The van der Waals surface area contributed by atoms with E-state index in [2.05, 4.69) is 31.1 Å². The molecule has 0 saturated carbocycles. The van der Waals surface area contributed by atoms with Gasteiger partial charge in [-0.3, -0.25) is 4.89 Å². The van der Waals surface area contributed by atoms with Crippen molar-refractivity contribution >= 4 is 7.82 Å². The number of unbranched alkanes of at least 4 members (excludes halogenated alkanes) is 13. The Morgan fingerprint density at radius 2 is 1.07 bits per heavy atom. The minimum absolute atomic E-state index is 0.238. The Labute approximate surface area is 165 Å². The fourth-order valence-corrected chi connectivity index (χ4v) is 3.00. The molecular weight excluding hydrogens is 371 g/mol. The molecular formula is C19H41O7P. The summed E-state index contributed by atoms with van der Waals surface area (Å²) in [6.45, 7) is 4.60. The molecule has 1 N–H and O–H groups in total. The Bertz CT molecular complexity index is 342. The minimum atomic E-state index is -4.39. The smallest absolute Gasteiger partial charge is 0.299 e. The van der Waals surface area contributed by atoms with Crippen molar-refractivity contribution in [3.8, 4) is 0 Å². The van der Waals surface area contributed by atoms with Gasteiger partial charge in [-0.15, -0.1) is 4.67 Å². The molecule has 0 spiro atoms. The second-order valence-electron chi connectivity index (χ2n) is 6.93. The summed E-state index contributed by atoms with van der Waals surface area (Å²) in [4.78, 5) is 18.4. The van der Waals surface area contributed by atoms with Crippen LogP contribution in [-0.4, -0.2) is 18.1 Å². The van der Waals surface area contributed by atoms with Gasteiger partial charge in [0.1, 0.15) is 0 Å². The number of hydrogen-bond acceptors (Lipinski definition) is 6. The van der Waals surface area contributed by atoms with Gasteiger partial charge in [-0.05, 0) is 12.8 Å². The summed E-state index contributed by atoms with van der Waals surface area (Å²) in [5.41, 5.74) is 0. The zero-order valence-electron chi connectivity index (χ0n) is 17.4. The monoisotopic (exact) mass is 412 g/mol. The lowest BCUT2D eigenvalue weighted by Gasteiger charge is -2.09. The van der Waals surface area contributed by atoms with Crippen molar-refractivity contribution in [3.63, 3.8) is 0 Å². The molecule has 0 heterocycles. The summed E-state index contributed by atoms with van der Waals surface area (Å²) in [7, 11) is -4.39. The highest BCUT2D eigenvalue weighted by molar-refractivity contribution is 7.47. The van der Waals surface area contributed by atoms with Crippen molar-refractivity contribution < 1.29 is 33.6 Å². The van der Waals surface area contributed by atoms with Gasteiger partial charge in [0.05, 0.1) is 13.2 Å². The van der Waals surface area contributed by atoms with Crippen molar-refractivity contribution in [2.24, 2.45) is 0 Å². The molecule has 0 fully saturated rings. The SMILES string of the molecule is CCCCCCCCCCCCCCCCOOP(=O)(O)OOOCCC. The molecule has 0 bridgehead atoms. The second-order valence-corrected chi connectivity index (χ2v) is 8.16. The maximum absolute atomic E-state index is 11.3. The van der Waals surface area contributed by atoms with E-state index in [1.54, 1.807) is 0 Å². The van der Waals surface area contributed by atoms with E-state index in [1.807, 2.05) is 6.92 Å². The summed E-state index contributed by atoms with van der Waals surface area (Å²) in [5, 5.41) is 4.10. The molecule has 1 atom stereocenters. The molecule has 164 valence electrons. The van der Waals surface area contributed by atoms with Crippen molar-refractivity contribution in [3.05, 3.63) is 0 Å². The molecule has 1 unspecified atom stereocenters. The average Bonchev–Trinajstić information content (AvgIpc) is 2.65. The quantitative estimate of drug-likeness (QED) is 0.0905. The van der Waals surface area contributed by atoms with Gasteiger partial charge in [0.2, 0.25) is 0 Å². The Morgan fingerprint density at radius 3 is 1.56 bits per heavy atom. The first kappa shape index (κ1) is 27.0. The van der Waals surface area contributed by atoms with E-state index in [-0.39, 0.29) is 13.2 Å². The van der Waals surface area contributed by atoms with Gasteiger partial charge >= 0.3 is 7.82 Å². The van der Waals surface area contributed by atoms with Crippen molar-refractivity contribution in [2.75, 3.05) is 13.2 Å². The summed E-state index contributed by atoms with van der Waals surface area (Å²) >= 11 is 0. The Morgan fingerprint density at radius 1 is 0.593 bits per heavy atom. The summed E-state index contributed by atoms with van der Waals surface area (Å²) in [6.07, 6.45) is 18.4. The summed E-state index contributed by atoms with van der Waals surface area (Å²) in [5.74, 6) is 0. The van der Waals surface area contributed by atoms with E-state index in [0.29, 0.717) is 6.42 Å². The summed E-state index contributed by atoms with van der Waals surface area (Å²) < 4.78 is 19.7. The van der Waals surface area contributed by atoms with Crippen LogP contribution < -0.4 is 0 Å². The number of hydrogen-bond donors (Lipinski definition) is 1. The predicted octanol–water partition coefficient (Wildman–Crippen LogP) is 6.81. The molecule has 0 radical (unpaired) electrons. The highest BCUT2D eigenvalue weighted by Gasteiger charge is 2.25. The molecule has 0 aromatic heterocycles. The largest absolute Gasteiger partial charge is 0.529 e. The van der Waals surface area contributed by atoms with Crippen LogP contribution in [0, 0.1) is 0 Å². The highest BCUT2D eigenvalue weighted by atomic mass is 31.2. The fraction of sp³-hybridized carbons (Fsp3) is 1.00. The van der Waals surface area contributed by atoms with Crippen molar-refractivity contribution in [1.29, 1.82) is 0 Å². The van der Waals surface area contributed by atoms with Crippen molar-refractivity contribution in [1.82, 2.24) is 0 Å². The van der Waals surface area contributed by atoms with Crippen LogP contribution in [-0.2, 0) is 28.7 Å². The van der Waals surface area contributed by atoms with Crippen molar-refractivity contribution in [2.45, 2.75) is 110 Å². The van der Waals surface area contributed by atoms with Crippen LogP contribution in [0.5, 0.6) is 0 Å².